The first-order valence-electron chi connectivity index (χ1n) is 7.35. The molecule has 2 rings (SSSR count). The van der Waals surface area contributed by atoms with Crippen LogP contribution in [-0.4, -0.2) is 34.7 Å². The SMILES string of the molecule is COc1cnn(C(C)C)c1C1(O)CCOC(C(C)C)C1. The monoisotopic (exact) mass is 282 g/mol. The lowest BCUT2D eigenvalue weighted by molar-refractivity contribution is -0.125. The second kappa shape index (κ2) is 5.74. The fourth-order valence-corrected chi connectivity index (χ4v) is 2.85. The highest BCUT2D eigenvalue weighted by molar-refractivity contribution is 5.32. The van der Waals surface area contributed by atoms with Gasteiger partial charge in [-0.1, -0.05) is 13.8 Å². The Morgan fingerprint density at radius 3 is 2.70 bits per heavy atom. The Hall–Kier alpha value is -1.07. The minimum atomic E-state index is -0.931. The van der Waals surface area contributed by atoms with Gasteiger partial charge in [-0.25, -0.2) is 0 Å². The lowest BCUT2D eigenvalue weighted by atomic mass is 9.83. The van der Waals surface area contributed by atoms with E-state index in [2.05, 4.69) is 32.8 Å². The molecule has 1 N–H and O–H groups in total. The fraction of sp³-hybridized carbons (Fsp3) is 0.800. The maximum atomic E-state index is 11.2. The molecule has 0 amide bonds. The average molecular weight is 282 g/mol. The smallest absolute Gasteiger partial charge is 0.162 e. The summed E-state index contributed by atoms with van der Waals surface area (Å²) in [6.07, 6.45) is 2.91. The minimum Gasteiger partial charge on any atom is -0.493 e. The standard InChI is InChI=1S/C15H26N2O3/c1-10(2)12-8-15(18,6-7-20-12)14-13(19-5)9-16-17(14)11(3)4/h9-12,18H,6-8H2,1-5H3. The molecule has 5 nitrogen and oxygen atoms in total. The zero-order chi connectivity index (χ0) is 14.9. The number of nitrogens with zero attached hydrogens (tertiary/aromatic N) is 2. The zero-order valence-electron chi connectivity index (χ0n) is 13.1. The van der Waals surface area contributed by atoms with Crippen LogP contribution in [0.1, 0.15) is 52.3 Å². The van der Waals surface area contributed by atoms with Crippen molar-refractivity contribution in [3.05, 3.63) is 11.9 Å². The van der Waals surface area contributed by atoms with Crippen LogP contribution in [0.4, 0.5) is 0 Å². The molecule has 0 radical (unpaired) electrons. The number of hydrogen-bond acceptors (Lipinski definition) is 4. The van der Waals surface area contributed by atoms with E-state index in [1.54, 1.807) is 13.3 Å². The Kier molecular flexibility index (Phi) is 4.39. The number of ether oxygens (including phenoxy) is 2. The summed E-state index contributed by atoms with van der Waals surface area (Å²) in [6.45, 7) is 8.91. The van der Waals surface area contributed by atoms with Crippen LogP contribution in [0.15, 0.2) is 6.20 Å². The summed E-state index contributed by atoms with van der Waals surface area (Å²) >= 11 is 0. The second-order valence-corrected chi connectivity index (χ2v) is 6.24. The lowest BCUT2D eigenvalue weighted by Crippen LogP contribution is -2.42. The van der Waals surface area contributed by atoms with Gasteiger partial charge in [0, 0.05) is 18.9 Å². The van der Waals surface area contributed by atoms with E-state index < -0.39 is 5.60 Å². The van der Waals surface area contributed by atoms with Crippen molar-refractivity contribution >= 4 is 0 Å². The van der Waals surface area contributed by atoms with Gasteiger partial charge in [-0.3, -0.25) is 4.68 Å². The molecule has 1 aliphatic heterocycles. The molecule has 114 valence electrons. The van der Waals surface area contributed by atoms with Crippen molar-refractivity contribution in [2.75, 3.05) is 13.7 Å². The molecular formula is C15H26N2O3. The van der Waals surface area contributed by atoms with Crippen LogP contribution in [0.25, 0.3) is 0 Å². The van der Waals surface area contributed by atoms with Crippen LogP contribution in [0, 0.1) is 5.92 Å². The molecule has 2 unspecified atom stereocenters. The molecular weight excluding hydrogens is 256 g/mol. The number of aromatic nitrogens is 2. The molecule has 2 atom stereocenters. The van der Waals surface area contributed by atoms with Gasteiger partial charge in [0.05, 0.1) is 26.0 Å². The Bertz CT molecular complexity index is 456. The van der Waals surface area contributed by atoms with Crippen molar-refractivity contribution < 1.29 is 14.6 Å². The van der Waals surface area contributed by atoms with E-state index in [1.807, 2.05) is 4.68 Å². The van der Waals surface area contributed by atoms with E-state index in [-0.39, 0.29) is 12.1 Å². The van der Waals surface area contributed by atoms with Crippen LogP contribution < -0.4 is 4.74 Å². The summed E-state index contributed by atoms with van der Waals surface area (Å²) in [7, 11) is 1.62. The second-order valence-electron chi connectivity index (χ2n) is 6.24. The van der Waals surface area contributed by atoms with Crippen LogP contribution in [0.2, 0.25) is 0 Å². The van der Waals surface area contributed by atoms with Gasteiger partial charge in [-0.2, -0.15) is 5.10 Å². The van der Waals surface area contributed by atoms with E-state index in [4.69, 9.17) is 9.47 Å². The molecule has 0 aromatic carbocycles. The van der Waals surface area contributed by atoms with Gasteiger partial charge in [0.15, 0.2) is 5.75 Å². The summed E-state index contributed by atoms with van der Waals surface area (Å²) in [6, 6.07) is 0.179. The van der Waals surface area contributed by atoms with Crippen LogP contribution >= 0.6 is 0 Å². The van der Waals surface area contributed by atoms with Crippen molar-refractivity contribution in [1.82, 2.24) is 9.78 Å². The van der Waals surface area contributed by atoms with E-state index in [0.717, 1.165) is 5.69 Å². The van der Waals surface area contributed by atoms with Crippen molar-refractivity contribution in [2.45, 2.75) is 58.3 Å². The van der Waals surface area contributed by atoms with Crippen molar-refractivity contribution in [2.24, 2.45) is 5.92 Å². The van der Waals surface area contributed by atoms with Crippen LogP contribution in [0.5, 0.6) is 5.75 Å². The topological polar surface area (TPSA) is 56.5 Å². The summed E-state index contributed by atoms with van der Waals surface area (Å²) in [5, 5.41) is 15.5. The molecule has 0 saturated carbocycles. The van der Waals surface area contributed by atoms with Crippen molar-refractivity contribution in [3.63, 3.8) is 0 Å². The van der Waals surface area contributed by atoms with Crippen LogP contribution in [0.3, 0.4) is 0 Å². The molecule has 0 bridgehead atoms. The highest BCUT2D eigenvalue weighted by Crippen LogP contribution is 2.41. The van der Waals surface area contributed by atoms with Gasteiger partial charge < -0.3 is 14.6 Å². The zero-order valence-corrected chi connectivity index (χ0v) is 13.1. The molecule has 1 aliphatic rings. The van der Waals surface area contributed by atoms with E-state index >= 15 is 0 Å². The maximum Gasteiger partial charge on any atom is 0.162 e. The number of rotatable bonds is 4. The summed E-state index contributed by atoms with van der Waals surface area (Å²) in [4.78, 5) is 0. The number of methoxy groups -OCH3 is 1. The first-order valence-corrected chi connectivity index (χ1v) is 7.35. The highest BCUT2D eigenvalue weighted by Gasteiger charge is 2.42. The highest BCUT2D eigenvalue weighted by atomic mass is 16.5. The third-order valence-electron chi connectivity index (χ3n) is 4.04. The largest absolute Gasteiger partial charge is 0.493 e. The number of hydrogen-bond donors (Lipinski definition) is 1. The Morgan fingerprint density at radius 2 is 2.15 bits per heavy atom. The third-order valence-corrected chi connectivity index (χ3v) is 4.04. The molecule has 1 fully saturated rings. The Morgan fingerprint density at radius 1 is 1.45 bits per heavy atom. The molecule has 20 heavy (non-hydrogen) atoms. The normalized spacial score (nSPS) is 27.3. The molecule has 1 aromatic heterocycles. The number of aliphatic hydroxyl groups is 1. The van der Waals surface area contributed by atoms with Gasteiger partial charge >= 0.3 is 0 Å². The van der Waals surface area contributed by atoms with Gasteiger partial charge in [0.1, 0.15) is 11.3 Å². The van der Waals surface area contributed by atoms with Crippen molar-refractivity contribution in [3.8, 4) is 5.75 Å². The predicted molar refractivity (Wildman–Crippen MR) is 76.9 cm³/mol. The first kappa shape index (κ1) is 15.3. The quantitative estimate of drug-likeness (QED) is 0.922. The maximum absolute atomic E-state index is 11.2. The molecule has 0 spiro atoms. The lowest BCUT2D eigenvalue weighted by Gasteiger charge is -2.39. The van der Waals surface area contributed by atoms with E-state index in [0.29, 0.717) is 31.1 Å². The van der Waals surface area contributed by atoms with E-state index in [1.165, 1.54) is 0 Å². The van der Waals surface area contributed by atoms with Crippen molar-refractivity contribution in [1.29, 1.82) is 0 Å². The van der Waals surface area contributed by atoms with Gasteiger partial charge in [0.2, 0.25) is 0 Å². The molecule has 5 heteroatoms. The van der Waals surface area contributed by atoms with Crippen LogP contribution in [-0.2, 0) is 10.3 Å². The summed E-state index contributed by atoms with van der Waals surface area (Å²) < 4.78 is 13.0. The molecule has 2 heterocycles. The Labute approximate surface area is 120 Å². The minimum absolute atomic E-state index is 0.0639. The molecule has 1 saturated heterocycles. The molecule has 1 aromatic rings. The average Bonchev–Trinajstić information content (AvgIpc) is 2.83. The molecule has 0 aliphatic carbocycles. The summed E-state index contributed by atoms with van der Waals surface area (Å²) in [5.41, 5.74) is -0.150. The Balaban J connectivity index is 2.40. The third kappa shape index (κ3) is 2.69. The fourth-order valence-electron chi connectivity index (χ4n) is 2.85. The van der Waals surface area contributed by atoms with E-state index in [9.17, 15) is 5.11 Å². The first-order chi connectivity index (χ1) is 9.39. The summed E-state index contributed by atoms with van der Waals surface area (Å²) in [5.74, 6) is 1.04. The predicted octanol–water partition coefficient (Wildman–Crippen LogP) is 2.50. The van der Waals surface area contributed by atoms with Gasteiger partial charge in [0.25, 0.3) is 0 Å². The van der Waals surface area contributed by atoms with Gasteiger partial charge in [-0.05, 0) is 19.8 Å². The van der Waals surface area contributed by atoms with Gasteiger partial charge in [-0.15, -0.1) is 0 Å².